The Morgan fingerprint density at radius 1 is 0.949 bits per heavy atom. The molecule has 3 saturated heterocycles. The second-order valence-electron chi connectivity index (χ2n) is 16.0. The average molecular weight is 820 g/mol. The van der Waals surface area contributed by atoms with E-state index in [1.165, 1.54) is 22.7 Å². The monoisotopic (exact) mass is 819 g/mol. The van der Waals surface area contributed by atoms with Gasteiger partial charge in [0.25, 0.3) is 11.8 Å². The van der Waals surface area contributed by atoms with Crippen molar-refractivity contribution < 1.29 is 28.4 Å². The number of benzene rings is 3. The van der Waals surface area contributed by atoms with E-state index in [0.29, 0.717) is 49.3 Å². The Hall–Kier alpha value is -5.87. The van der Waals surface area contributed by atoms with E-state index >= 15 is 4.39 Å². The normalized spacial score (nSPS) is 19.3. The zero-order valence-corrected chi connectivity index (χ0v) is 33.5. The van der Waals surface area contributed by atoms with Gasteiger partial charge in [0.05, 0.1) is 18.1 Å². The molecule has 5 amide bonds. The van der Waals surface area contributed by atoms with Gasteiger partial charge in [-0.15, -0.1) is 0 Å². The number of amides is 5. The third kappa shape index (κ3) is 9.08. The van der Waals surface area contributed by atoms with Gasteiger partial charge in [-0.25, -0.2) is 14.4 Å². The van der Waals surface area contributed by atoms with Gasteiger partial charge in [-0.3, -0.25) is 29.3 Å². The Labute approximate surface area is 345 Å². The number of nitrogens with two attached hydrogens (primary N) is 1. The van der Waals surface area contributed by atoms with Crippen LogP contribution in [0.1, 0.15) is 77.3 Å². The van der Waals surface area contributed by atoms with Crippen LogP contribution in [0.2, 0.25) is 0 Å². The number of carbonyl (C=O) groups excluding carboxylic acids is 5. The highest BCUT2D eigenvalue weighted by molar-refractivity contribution is 7.99. The maximum Gasteiger partial charge on any atom is 0.255 e. The van der Waals surface area contributed by atoms with Crippen LogP contribution in [-0.4, -0.2) is 82.2 Å². The first-order chi connectivity index (χ1) is 28.4. The van der Waals surface area contributed by atoms with Gasteiger partial charge in [-0.1, -0.05) is 30.0 Å². The van der Waals surface area contributed by atoms with Crippen LogP contribution in [0, 0.1) is 11.7 Å². The van der Waals surface area contributed by atoms with E-state index in [4.69, 9.17) is 5.73 Å². The second-order valence-corrected chi connectivity index (χ2v) is 17.1. The van der Waals surface area contributed by atoms with Gasteiger partial charge in [0, 0.05) is 78.9 Å². The Bertz CT molecular complexity index is 2290. The number of rotatable bonds is 10. The summed E-state index contributed by atoms with van der Waals surface area (Å²) in [4.78, 5) is 79.0. The fraction of sp³-hybridized carbons (Fsp3) is 0.372. The molecule has 1 atom stereocenters. The van der Waals surface area contributed by atoms with Crippen LogP contribution in [0.25, 0.3) is 0 Å². The van der Waals surface area contributed by atoms with E-state index in [-0.39, 0.29) is 54.3 Å². The summed E-state index contributed by atoms with van der Waals surface area (Å²) in [5.74, 6) is -1.51. The molecule has 0 radical (unpaired) electrons. The lowest BCUT2D eigenvalue weighted by Crippen LogP contribution is -2.52. The lowest BCUT2D eigenvalue weighted by Gasteiger charge is -2.37. The van der Waals surface area contributed by atoms with E-state index in [1.807, 2.05) is 29.2 Å². The van der Waals surface area contributed by atoms with Crippen molar-refractivity contribution in [2.75, 3.05) is 41.3 Å². The Morgan fingerprint density at radius 2 is 1.75 bits per heavy atom. The minimum Gasteiger partial charge on any atom is -0.369 e. The third-order valence-electron chi connectivity index (χ3n) is 11.6. The predicted molar refractivity (Wildman–Crippen MR) is 220 cm³/mol. The van der Waals surface area contributed by atoms with Gasteiger partial charge >= 0.3 is 0 Å². The molecule has 14 nitrogen and oxygen atoms in total. The molecule has 4 aromatic rings. The molecule has 3 fully saturated rings. The molecule has 4 aliphatic rings. The maximum absolute atomic E-state index is 15.5. The molecule has 8 rings (SSSR count). The van der Waals surface area contributed by atoms with Gasteiger partial charge < -0.3 is 31.1 Å². The fourth-order valence-corrected chi connectivity index (χ4v) is 8.88. The summed E-state index contributed by atoms with van der Waals surface area (Å²) in [6, 6.07) is 16.5. The van der Waals surface area contributed by atoms with E-state index in [1.54, 1.807) is 42.7 Å². The molecular formula is C43H46FN9O5S. The number of anilines is 3. The summed E-state index contributed by atoms with van der Waals surface area (Å²) in [6.45, 7) is 5.24. The zero-order chi connectivity index (χ0) is 41.3. The molecule has 59 heavy (non-hydrogen) atoms. The number of nitrogens with zero attached hydrogens (tertiary/aromatic N) is 5. The van der Waals surface area contributed by atoms with Crippen molar-refractivity contribution in [1.29, 1.82) is 0 Å². The van der Waals surface area contributed by atoms with Crippen LogP contribution in [0.3, 0.4) is 0 Å². The van der Waals surface area contributed by atoms with E-state index in [9.17, 15) is 24.0 Å². The smallest absolute Gasteiger partial charge is 0.255 e. The number of carbonyl (C=O) groups is 5. The molecule has 16 heteroatoms. The number of imide groups is 1. The molecule has 0 bridgehead atoms. The molecule has 0 aliphatic carbocycles. The number of halogens is 1. The standard InChI is InChI=1S/C43H46FN9O5S/c1-43(45)13-17-52(18-14-43)36-23-47-38(24-46-36)59-31-4-2-3-30(21-31)49-40(56)28-6-8-34(33(44)20-28)51-15-11-27(12-16-51)39(55)48-22-26-5-7-32-29(19-26)25-53(42(32)58)35-9-10-37(54)50-41(35)57/h2-8,19-21,23-24,27,35H,9-18,22,25,45H2,1H3,(H,48,55)(H,49,56)(H,50,54,57). The highest BCUT2D eigenvalue weighted by Crippen LogP contribution is 2.32. The SMILES string of the molecule is CC1(N)CCN(c2cnc(Sc3cccc(NC(=O)c4ccc(N5CCC(C(=O)NCc6ccc7c(c6)CN(C6CCC(=O)NC6=O)C7=O)CC5)c(F)c4)c3)cn2)CC1. The molecule has 1 unspecified atom stereocenters. The molecule has 306 valence electrons. The van der Waals surface area contributed by atoms with Crippen LogP contribution < -0.4 is 31.5 Å². The summed E-state index contributed by atoms with van der Waals surface area (Å²) in [6.07, 6.45) is 6.85. The van der Waals surface area contributed by atoms with Gasteiger partial charge in [0.15, 0.2) is 0 Å². The molecule has 5 N–H and O–H groups in total. The molecule has 1 aromatic heterocycles. The lowest BCUT2D eigenvalue weighted by molar-refractivity contribution is -0.137. The Morgan fingerprint density at radius 3 is 2.47 bits per heavy atom. The molecule has 3 aromatic carbocycles. The van der Waals surface area contributed by atoms with Crippen LogP contribution in [-0.2, 0) is 27.5 Å². The molecular weight excluding hydrogens is 774 g/mol. The minimum absolute atomic E-state index is 0.0967. The van der Waals surface area contributed by atoms with Gasteiger partial charge in [-0.05, 0) is 92.6 Å². The fourth-order valence-electron chi connectivity index (χ4n) is 8.09. The van der Waals surface area contributed by atoms with Crippen LogP contribution in [0.15, 0.2) is 83.0 Å². The summed E-state index contributed by atoms with van der Waals surface area (Å²) in [5.41, 5.74) is 9.37. The summed E-state index contributed by atoms with van der Waals surface area (Å²) in [5, 5.41) is 8.91. The highest BCUT2D eigenvalue weighted by Gasteiger charge is 2.39. The Kier molecular flexibility index (Phi) is 11.4. The zero-order valence-electron chi connectivity index (χ0n) is 32.7. The quantitative estimate of drug-likeness (QED) is 0.164. The average Bonchev–Trinajstić information content (AvgIpc) is 3.55. The van der Waals surface area contributed by atoms with Gasteiger partial charge in [0.2, 0.25) is 17.7 Å². The van der Waals surface area contributed by atoms with Crippen LogP contribution in [0.5, 0.6) is 0 Å². The summed E-state index contributed by atoms with van der Waals surface area (Å²) < 4.78 is 15.5. The number of hydrogen-bond acceptors (Lipinski definition) is 11. The molecule has 4 aliphatic heterocycles. The van der Waals surface area contributed by atoms with Crippen molar-refractivity contribution in [2.45, 2.75) is 80.0 Å². The number of nitrogens with one attached hydrogen (secondary N) is 3. The minimum atomic E-state index is -0.687. The number of aromatic nitrogens is 2. The number of piperidine rings is 3. The maximum atomic E-state index is 15.5. The number of hydrogen-bond donors (Lipinski definition) is 4. The van der Waals surface area contributed by atoms with Crippen LogP contribution in [0.4, 0.5) is 21.6 Å². The van der Waals surface area contributed by atoms with Crippen molar-refractivity contribution in [2.24, 2.45) is 11.7 Å². The first-order valence-electron chi connectivity index (χ1n) is 19.9. The van der Waals surface area contributed by atoms with Crippen molar-refractivity contribution in [1.82, 2.24) is 25.5 Å². The van der Waals surface area contributed by atoms with E-state index in [2.05, 4.69) is 37.7 Å². The number of fused-ring (bicyclic) bond motifs is 1. The first kappa shape index (κ1) is 39.9. The summed E-state index contributed by atoms with van der Waals surface area (Å²) >= 11 is 1.43. The second kappa shape index (κ2) is 16.8. The van der Waals surface area contributed by atoms with Crippen molar-refractivity contribution in [3.63, 3.8) is 0 Å². The first-order valence-corrected chi connectivity index (χ1v) is 20.7. The van der Waals surface area contributed by atoms with E-state index < -0.39 is 23.7 Å². The lowest BCUT2D eigenvalue weighted by atomic mass is 9.91. The third-order valence-corrected chi connectivity index (χ3v) is 12.5. The largest absolute Gasteiger partial charge is 0.369 e. The van der Waals surface area contributed by atoms with E-state index in [0.717, 1.165) is 52.8 Å². The van der Waals surface area contributed by atoms with Crippen molar-refractivity contribution in [3.05, 3.63) is 101 Å². The molecule has 5 heterocycles. The topological polar surface area (TPSA) is 183 Å². The molecule has 0 saturated carbocycles. The molecule has 0 spiro atoms. The van der Waals surface area contributed by atoms with Crippen molar-refractivity contribution in [3.8, 4) is 0 Å². The van der Waals surface area contributed by atoms with Crippen LogP contribution >= 0.6 is 11.8 Å². The predicted octanol–water partition coefficient (Wildman–Crippen LogP) is 4.63. The Balaban J connectivity index is 0.798. The highest BCUT2D eigenvalue weighted by atomic mass is 32.2. The summed E-state index contributed by atoms with van der Waals surface area (Å²) in [7, 11) is 0. The van der Waals surface area contributed by atoms with Gasteiger partial charge in [0.1, 0.15) is 22.7 Å². The van der Waals surface area contributed by atoms with Crippen molar-refractivity contribution >= 4 is 58.5 Å². The van der Waals surface area contributed by atoms with Gasteiger partial charge in [-0.2, -0.15) is 0 Å².